The fourth-order valence-corrected chi connectivity index (χ4v) is 2.46. The SMILES string of the molecule is Clc1cccc(-c2ccc(/C=N/Nc3ccc(I)cc3)o2)c1. The molecule has 1 N–H and O–H groups in total. The Kier molecular flexibility index (Phi) is 4.80. The van der Waals surface area contributed by atoms with Gasteiger partial charge in [-0.05, 0) is 71.1 Å². The summed E-state index contributed by atoms with van der Waals surface area (Å²) in [6, 6.07) is 19.3. The molecule has 0 spiro atoms. The maximum atomic E-state index is 5.99. The second-order valence-corrected chi connectivity index (χ2v) is 6.27. The molecule has 0 aliphatic rings. The minimum absolute atomic E-state index is 0.674. The standard InChI is InChI=1S/C17H12ClIN2O/c18-13-3-1-2-12(10-13)17-9-8-16(22-17)11-20-21-15-6-4-14(19)5-7-15/h1-11,21H/b20-11+. The number of rotatable bonds is 4. The molecule has 0 aliphatic carbocycles. The molecular weight excluding hydrogens is 411 g/mol. The van der Waals surface area contributed by atoms with Gasteiger partial charge >= 0.3 is 0 Å². The van der Waals surface area contributed by atoms with Crippen molar-refractivity contribution in [2.75, 3.05) is 5.43 Å². The zero-order valence-corrected chi connectivity index (χ0v) is 14.4. The Hall–Kier alpha value is -1.79. The quantitative estimate of drug-likeness (QED) is 0.335. The second-order valence-electron chi connectivity index (χ2n) is 4.59. The van der Waals surface area contributed by atoms with Gasteiger partial charge in [0.1, 0.15) is 11.5 Å². The van der Waals surface area contributed by atoms with Crippen LogP contribution in [-0.2, 0) is 0 Å². The van der Waals surface area contributed by atoms with Crippen LogP contribution in [0.3, 0.4) is 0 Å². The summed E-state index contributed by atoms with van der Waals surface area (Å²) in [7, 11) is 0. The van der Waals surface area contributed by atoms with Gasteiger partial charge in [-0.25, -0.2) is 0 Å². The van der Waals surface area contributed by atoms with Crippen LogP contribution in [0.1, 0.15) is 5.76 Å². The van der Waals surface area contributed by atoms with E-state index in [1.165, 1.54) is 3.57 Å². The molecule has 3 nitrogen and oxygen atoms in total. The lowest BCUT2D eigenvalue weighted by atomic mass is 10.2. The van der Waals surface area contributed by atoms with Gasteiger partial charge in [0.2, 0.25) is 0 Å². The Balaban J connectivity index is 1.69. The smallest absolute Gasteiger partial charge is 0.147 e. The highest BCUT2D eigenvalue weighted by atomic mass is 127. The molecule has 0 saturated carbocycles. The number of halogens is 2. The number of furan rings is 1. The van der Waals surface area contributed by atoms with Gasteiger partial charge in [-0.3, -0.25) is 5.43 Å². The van der Waals surface area contributed by atoms with Crippen LogP contribution in [0.4, 0.5) is 5.69 Å². The summed E-state index contributed by atoms with van der Waals surface area (Å²) in [6.07, 6.45) is 1.64. The first-order valence-electron chi connectivity index (χ1n) is 6.61. The van der Waals surface area contributed by atoms with Crippen LogP contribution >= 0.6 is 34.2 Å². The highest BCUT2D eigenvalue weighted by Crippen LogP contribution is 2.24. The molecule has 0 atom stereocenters. The van der Waals surface area contributed by atoms with Gasteiger partial charge in [0, 0.05) is 14.2 Å². The molecule has 2 aromatic carbocycles. The monoisotopic (exact) mass is 422 g/mol. The van der Waals surface area contributed by atoms with E-state index in [-0.39, 0.29) is 0 Å². The number of nitrogens with zero attached hydrogens (tertiary/aromatic N) is 1. The molecule has 5 heteroatoms. The zero-order valence-electron chi connectivity index (χ0n) is 11.5. The van der Waals surface area contributed by atoms with Gasteiger partial charge in [-0.2, -0.15) is 5.10 Å². The topological polar surface area (TPSA) is 37.5 Å². The molecule has 3 rings (SSSR count). The van der Waals surface area contributed by atoms with Crippen molar-refractivity contribution < 1.29 is 4.42 Å². The summed E-state index contributed by atoms with van der Waals surface area (Å²) in [6.45, 7) is 0. The van der Waals surface area contributed by atoms with E-state index < -0.39 is 0 Å². The van der Waals surface area contributed by atoms with Crippen molar-refractivity contribution in [3.63, 3.8) is 0 Å². The summed E-state index contributed by atoms with van der Waals surface area (Å²) in [5.41, 5.74) is 4.83. The fraction of sp³-hybridized carbons (Fsp3) is 0. The van der Waals surface area contributed by atoms with Crippen LogP contribution < -0.4 is 5.43 Å². The Morgan fingerprint density at radius 3 is 2.64 bits per heavy atom. The molecule has 0 saturated heterocycles. The molecular formula is C17H12ClIN2O. The highest BCUT2D eigenvalue weighted by Gasteiger charge is 2.03. The predicted octanol–water partition coefficient (Wildman–Crippen LogP) is 5.65. The van der Waals surface area contributed by atoms with E-state index in [0.29, 0.717) is 10.8 Å². The molecule has 0 amide bonds. The van der Waals surface area contributed by atoms with Crippen molar-refractivity contribution >= 4 is 46.1 Å². The normalized spacial score (nSPS) is 11.0. The highest BCUT2D eigenvalue weighted by molar-refractivity contribution is 14.1. The van der Waals surface area contributed by atoms with Gasteiger partial charge in [0.15, 0.2) is 0 Å². The second kappa shape index (κ2) is 6.98. The molecule has 1 aromatic heterocycles. The van der Waals surface area contributed by atoms with Crippen molar-refractivity contribution in [2.24, 2.45) is 5.10 Å². The minimum atomic E-state index is 0.674. The molecule has 1 heterocycles. The summed E-state index contributed by atoms with van der Waals surface area (Å²) in [5.74, 6) is 1.44. The van der Waals surface area contributed by atoms with Crippen LogP contribution in [0.15, 0.2) is 70.2 Å². The first-order valence-corrected chi connectivity index (χ1v) is 8.07. The number of benzene rings is 2. The van der Waals surface area contributed by atoms with Crippen LogP contribution in [0.2, 0.25) is 5.02 Å². The van der Waals surface area contributed by atoms with Crippen molar-refractivity contribution in [1.29, 1.82) is 0 Å². The predicted molar refractivity (Wildman–Crippen MR) is 99.5 cm³/mol. The molecule has 3 aromatic rings. The number of hydrogen-bond acceptors (Lipinski definition) is 3. The molecule has 0 bridgehead atoms. The van der Waals surface area contributed by atoms with E-state index in [0.717, 1.165) is 17.0 Å². The summed E-state index contributed by atoms with van der Waals surface area (Å²) >= 11 is 8.25. The Labute approximate surface area is 147 Å². The van der Waals surface area contributed by atoms with E-state index in [1.807, 2.05) is 60.7 Å². The third kappa shape index (κ3) is 3.90. The third-order valence-electron chi connectivity index (χ3n) is 2.97. The Morgan fingerprint density at radius 1 is 1.05 bits per heavy atom. The first-order chi connectivity index (χ1) is 10.7. The van der Waals surface area contributed by atoms with E-state index in [1.54, 1.807) is 6.21 Å². The maximum absolute atomic E-state index is 5.99. The van der Waals surface area contributed by atoms with E-state index in [2.05, 4.69) is 33.1 Å². The van der Waals surface area contributed by atoms with Gasteiger partial charge < -0.3 is 4.42 Å². The molecule has 110 valence electrons. The maximum Gasteiger partial charge on any atom is 0.147 e. The molecule has 22 heavy (non-hydrogen) atoms. The van der Waals surface area contributed by atoms with Gasteiger partial charge in [-0.1, -0.05) is 23.7 Å². The number of hydrogen-bond donors (Lipinski definition) is 1. The number of nitrogens with one attached hydrogen (secondary N) is 1. The van der Waals surface area contributed by atoms with Gasteiger partial charge in [0.25, 0.3) is 0 Å². The average Bonchev–Trinajstić information content (AvgIpc) is 2.98. The summed E-state index contributed by atoms with van der Waals surface area (Å²) < 4.78 is 6.92. The van der Waals surface area contributed by atoms with E-state index in [9.17, 15) is 0 Å². The largest absolute Gasteiger partial charge is 0.455 e. The first kappa shape index (κ1) is 15.1. The lowest BCUT2D eigenvalue weighted by molar-refractivity contribution is 0.575. The van der Waals surface area contributed by atoms with Crippen molar-refractivity contribution in [3.8, 4) is 11.3 Å². The minimum Gasteiger partial charge on any atom is -0.455 e. The third-order valence-corrected chi connectivity index (χ3v) is 3.92. The van der Waals surface area contributed by atoms with Gasteiger partial charge in [0.05, 0.1) is 11.9 Å². The summed E-state index contributed by atoms with van der Waals surface area (Å²) in [5, 5.41) is 4.85. The number of hydrazone groups is 1. The lowest BCUT2D eigenvalue weighted by Gasteiger charge is -1.99. The average molecular weight is 423 g/mol. The zero-order chi connectivity index (χ0) is 15.4. The molecule has 0 fully saturated rings. The van der Waals surface area contributed by atoms with E-state index in [4.69, 9.17) is 16.0 Å². The van der Waals surface area contributed by atoms with Gasteiger partial charge in [-0.15, -0.1) is 0 Å². The van der Waals surface area contributed by atoms with Crippen molar-refractivity contribution in [1.82, 2.24) is 0 Å². The van der Waals surface area contributed by atoms with Crippen molar-refractivity contribution in [3.05, 3.63) is 75.0 Å². The van der Waals surface area contributed by atoms with Crippen molar-refractivity contribution in [2.45, 2.75) is 0 Å². The summed E-state index contributed by atoms with van der Waals surface area (Å²) in [4.78, 5) is 0. The van der Waals surface area contributed by atoms with Crippen LogP contribution in [0.5, 0.6) is 0 Å². The lowest BCUT2D eigenvalue weighted by Crippen LogP contribution is -1.89. The van der Waals surface area contributed by atoms with Crippen LogP contribution in [-0.4, -0.2) is 6.21 Å². The van der Waals surface area contributed by atoms with Crippen LogP contribution in [0.25, 0.3) is 11.3 Å². The Morgan fingerprint density at radius 2 is 1.86 bits per heavy atom. The van der Waals surface area contributed by atoms with Crippen LogP contribution in [0, 0.1) is 3.57 Å². The Bertz CT molecular complexity index is 796. The molecule has 0 unspecified atom stereocenters. The molecule has 0 aliphatic heterocycles. The molecule has 0 radical (unpaired) electrons. The van der Waals surface area contributed by atoms with E-state index >= 15 is 0 Å². The number of anilines is 1. The fourth-order valence-electron chi connectivity index (χ4n) is 1.91.